The summed E-state index contributed by atoms with van der Waals surface area (Å²) in [7, 11) is -5.75. The maximum Gasteiger partial charge on any atom is 0.527 e. The fourth-order valence-electron chi connectivity index (χ4n) is 2.24. The van der Waals surface area contributed by atoms with Gasteiger partial charge in [-0.15, -0.1) is 0 Å². The molecule has 0 spiro atoms. The van der Waals surface area contributed by atoms with Crippen LogP contribution in [0, 0.1) is 0 Å². The van der Waals surface area contributed by atoms with Crippen molar-refractivity contribution in [2.45, 2.75) is 32.3 Å². The number of ether oxygens (including phenoxy) is 1. The summed E-state index contributed by atoms with van der Waals surface area (Å²) in [4.78, 5) is 36.8. The largest absolute Gasteiger partial charge is 0.527 e. The van der Waals surface area contributed by atoms with Crippen LogP contribution in [0.5, 0.6) is 5.75 Å². The summed E-state index contributed by atoms with van der Waals surface area (Å²) in [6.45, 7) is 6.27. The van der Waals surface area contributed by atoms with Crippen LogP contribution in [0.1, 0.15) is 16.1 Å². The third-order valence-electron chi connectivity index (χ3n) is 3.84. The minimum absolute atomic E-state index is 0.0647. The number of pyridine rings is 1. The number of hydrogen-bond acceptors (Lipinski definition) is 7. The first-order valence-electron chi connectivity index (χ1n) is 9.18. The standard InChI is InChI=1S/C19H25N2O7PSi/c1-30(2,3)12-11-27-29(24,25)28-18-9-5-4-7-15(18)14-26-19(23)21-16-8-6-10-20-17(16)13-22/h4-10,13H,11-12,14H2,1-3H3,(H,21,23)(H,24,25). The summed E-state index contributed by atoms with van der Waals surface area (Å²) in [5.41, 5.74) is 0.644. The molecule has 1 amide bonds. The number of carbonyl (C=O) groups is 2. The molecule has 1 atom stereocenters. The Labute approximate surface area is 176 Å². The van der Waals surface area contributed by atoms with Crippen molar-refractivity contribution in [3.8, 4) is 5.75 Å². The predicted octanol–water partition coefficient (Wildman–Crippen LogP) is 4.48. The molecule has 2 rings (SSSR count). The molecule has 0 saturated carbocycles. The summed E-state index contributed by atoms with van der Waals surface area (Å²) < 4.78 is 27.6. The highest BCUT2D eigenvalue weighted by atomic mass is 31.2. The first-order chi connectivity index (χ1) is 14.1. The van der Waals surface area contributed by atoms with E-state index in [1.54, 1.807) is 24.3 Å². The predicted molar refractivity (Wildman–Crippen MR) is 114 cm³/mol. The van der Waals surface area contributed by atoms with Crippen molar-refractivity contribution in [2.75, 3.05) is 11.9 Å². The van der Waals surface area contributed by atoms with Gasteiger partial charge in [0.25, 0.3) is 0 Å². The van der Waals surface area contributed by atoms with Gasteiger partial charge >= 0.3 is 13.9 Å². The number of nitrogens with one attached hydrogen (secondary N) is 1. The van der Waals surface area contributed by atoms with Crippen molar-refractivity contribution in [3.05, 3.63) is 53.9 Å². The first-order valence-corrected chi connectivity index (χ1v) is 14.4. The van der Waals surface area contributed by atoms with Crippen molar-refractivity contribution in [3.63, 3.8) is 0 Å². The normalized spacial score (nSPS) is 13.2. The van der Waals surface area contributed by atoms with Crippen molar-refractivity contribution < 1.29 is 32.8 Å². The molecule has 0 aliphatic carbocycles. The Morgan fingerprint density at radius 3 is 2.67 bits per heavy atom. The van der Waals surface area contributed by atoms with Gasteiger partial charge in [0.2, 0.25) is 0 Å². The van der Waals surface area contributed by atoms with Crippen molar-refractivity contribution in [2.24, 2.45) is 0 Å². The zero-order chi connectivity index (χ0) is 22.2. The number of benzene rings is 1. The summed E-state index contributed by atoms with van der Waals surface area (Å²) >= 11 is 0. The SMILES string of the molecule is C[Si](C)(C)CCOP(=O)(O)Oc1ccccc1COC(=O)Nc1cccnc1C=O. The van der Waals surface area contributed by atoms with Crippen molar-refractivity contribution in [1.82, 2.24) is 4.98 Å². The van der Waals surface area contributed by atoms with Gasteiger partial charge in [0.05, 0.1) is 12.3 Å². The molecule has 0 bridgehead atoms. The molecule has 1 heterocycles. The van der Waals surface area contributed by atoms with E-state index in [1.165, 1.54) is 18.3 Å². The zero-order valence-corrected chi connectivity index (χ0v) is 18.9. The number of phosphoric ester groups is 1. The van der Waals surface area contributed by atoms with Crippen LogP contribution in [0.25, 0.3) is 0 Å². The quantitative estimate of drug-likeness (QED) is 0.307. The molecule has 0 aliphatic heterocycles. The van der Waals surface area contributed by atoms with Gasteiger partial charge in [-0.2, -0.15) is 0 Å². The molecule has 9 nitrogen and oxygen atoms in total. The lowest BCUT2D eigenvalue weighted by molar-refractivity contribution is 0.111. The summed E-state index contributed by atoms with van der Waals surface area (Å²) in [5.74, 6) is 0.0686. The van der Waals surface area contributed by atoms with E-state index in [4.69, 9.17) is 13.8 Å². The molecule has 1 aromatic heterocycles. The van der Waals surface area contributed by atoms with E-state index >= 15 is 0 Å². The van der Waals surface area contributed by atoms with Crippen LogP contribution in [0.4, 0.5) is 10.5 Å². The fourth-order valence-corrected chi connectivity index (χ4v) is 3.92. The molecule has 0 radical (unpaired) electrons. The van der Waals surface area contributed by atoms with Crippen LogP contribution in [-0.4, -0.2) is 36.9 Å². The molecule has 1 aromatic carbocycles. The van der Waals surface area contributed by atoms with E-state index in [0.29, 0.717) is 17.9 Å². The third-order valence-corrected chi connectivity index (χ3v) is 6.48. The smallest absolute Gasteiger partial charge is 0.444 e. The zero-order valence-electron chi connectivity index (χ0n) is 17.0. The topological polar surface area (TPSA) is 124 Å². The van der Waals surface area contributed by atoms with Gasteiger partial charge < -0.3 is 9.26 Å². The monoisotopic (exact) mass is 452 g/mol. The second-order valence-corrected chi connectivity index (χ2v) is 14.6. The number of nitrogens with zero attached hydrogens (tertiary/aromatic N) is 1. The number of aldehydes is 1. The van der Waals surface area contributed by atoms with Crippen molar-refractivity contribution in [1.29, 1.82) is 0 Å². The number of phosphoric acid groups is 1. The number of aromatic nitrogens is 1. The molecule has 0 aliphatic rings. The van der Waals surface area contributed by atoms with E-state index in [2.05, 4.69) is 29.9 Å². The minimum Gasteiger partial charge on any atom is -0.444 e. The van der Waals surface area contributed by atoms with Gasteiger partial charge in [-0.05, 0) is 24.2 Å². The van der Waals surface area contributed by atoms with E-state index in [-0.39, 0.29) is 30.3 Å². The molecule has 11 heteroatoms. The third kappa shape index (κ3) is 8.07. The molecule has 0 saturated heterocycles. The molecule has 2 aromatic rings. The van der Waals surface area contributed by atoms with Gasteiger partial charge in [0, 0.05) is 19.8 Å². The Hall–Kier alpha value is -2.52. The molecule has 2 N–H and O–H groups in total. The van der Waals surface area contributed by atoms with E-state index in [9.17, 15) is 19.0 Å². The highest BCUT2D eigenvalue weighted by molar-refractivity contribution is 7.47. The first kappa shape index (κ1) is 23.8. The Bertz CT molecular complexity index is 933. The van der Waals surface area contributed by atoms with Gasteiger partial charge in [0.1, 0.15) is 18.1 Å². The maximum absolute atomic E-state index is 12.2. The van der Waals surface area contributed by atoms with Gasteiger partial charge in [-0.25, -0.2) is 9.36 Å². The Morgan fingerprint density at radius 1 is 1.23 bits per heavy atom. The number of para-hydroxylation sites is 1. The van der Waals surface area contributed by atoms with Gasteiger partial charge in [-0.1, -0.05) is 37.8 Å². The summed E-state index contributed by atoms with van der Waals surface area (Å²) in [6, 6.07) is 10.1. The molecular formula is C19H25N2O7PSi. The van der Waals surface area contributed by atoms with Crippen LogP contribution in [-0.2, 0) is 20.4 Å². The summed E-state index contributed by atoms with van der Waals surface area (Å²) in [6.07, 6.45) is 1.12. The van der Waals surface area contributed by atoms with E-state index < -0.39 is 22.0 Å². The number of hydrogen-bond donors (Lipinski definition) is 2. The second kappa shape index (κ2) is 10.5. The Morgan fingerprint density at radius 2 is 1.97 bits per heavy atom. The number of amides is 1. The highest BCUT2D eigenvalue weighted by Gasteiger charge is 2.26. The van der Waals surface area contributed by atoms with Gasteiger partial charge in [0.15, 0.2) is 6.29 Å². The van der Waals surface area contributed by atoms with Crippen LogP contribution >= 0.6 is 7.82 Å². The number of carbonyl (C=O) groups excluding carboxylic acids is 2. The molecule has 30 heavy (non-hydrogen) atoms. The fraction of sp³-hybridized carbons (Fsp3) is 0.316. The minimum atomic E-state index is -4.32. The van der Waals surface area contributed by atoms with Crippen LogP contribution in [0.15, 0.2) is 42.6 Å². The van der Waals surface area contributed by atoms with E-state index in [0.717, 1.165) is 0 Å². The number of anilines is 1. The Kier molecular flexibility index (Phi) is 8.31. The lowest BCUT2D eigenvalue weighted by Crippen LogP contribution is -2.21. The van der Waals surface area contributed by atoms with Gasteiger partial charge in [-0.3, -0.25) is 24.5 Å². The second-order valence-electron chi connectivity index (χ2n) is 7.57. The van der Waals surface area contributed by atoms with Crippen LogP contribution < -0.4 is 9.84 Å². The molecule has 162 valence electrons. The highest BCUT2D eigenvalue weighted by Crippen LogP contribution is 2.45. The lowest BCUT2D eigenvalue weighted by atomic mass is 10.2. The molecule has 1 unspecified atom stereocenters. The Balaban J connectivity index is 1.97. The average molecular weight is 452 g/mol. The van der Waals surface area contributed by atoms with E-state index in [1.807, 2.05) is 0 Å². The number of rotatable bonds is 10. The lowest BCUT2D eigenvalue weighted by Gasteiger charge is -2.19. The average Bonchev–Trinajstić information content (AvgIpc) is 2.66. The van der Waals surface area contributed by atoms with Crippen molar-refractivity contribution >= 4 is 34.0 Å². The molecular weight excluding hydrogens is 427 g/mol. The molecule has 0 fully saturated rings. The van der Waals surface area contributed by atoms with Crippen LogP contribution in [0.2, 0.25) is 25.7 Å². The summed E-state index contributed by atoms with van der Waals surface area (Å²) in [5, 5.41) is 2.42. The van der Waals surface area contributed by atoms with Crippen LogP contribution in [0.3, 0.4) is 0 Å². The maximum atomic E-state index is 12.2.